The van der Waals surface area contributed by atoms with Gasteiger partial charge in [-0.3, -0.25) is 4.79 Å². The molecule has 2 aromatic rings. The van der Waals surface area contributed by atoms with Crippen molar-refractivity contribution in [2.24, 2.45) is 0 Å². The molecule has 0 saturated carbocycles. The Labute approximate surface area is 186 Å². The summed E-state index contributed by atoms with van der Waals surface area (Å²) in [6.07, 6.45) is 0.968. The summed E-state index contributed by atoms with van der Waals surface area (Å²) in [6, 6.07) is 11.4. The molecule has 30 heavy (non-hydrogen) atoms. The van der Waals surface area contributed by atoms with Gasteiger partial charge in [-0.2, -0.15) is 0 Å². The van der Waals surface area contributed by atoms with Gasteiger partial charge in [-0.05, 0) is 72.2 Å². The van der Waals surface area contributed by atoms with E-state index in [0.717, 1.165) is 40.8 Å². The maximum atomic E-state index is 12.2. The van der Waals surface area contributed by atoms with E-state index in [9.17, 15) is 4.79 Å². The third kappa shape index (κ3) is 8.31. The molecule has 2 aromatic carbocycles. The first kappa shape index (κ1) is 24.1. The van der Waals surface area contributed by atoms with Crippen LogP contribution in [0.5, 0.6) is 11.5 Å². The standard InChI is InChI=1S/C22H30BrN3O4/c1-16-4-6-18(7-5-16)26-21(28)15-30-22-19(23)12-17(13-20(22)29-2)14-25-9-3-8-24-10-11-27/h4-7,12-13,24-25,27H,3,8-11,14-15H2,1-2H3,(H,26,28). The van der Waals surface area contributed by atoms with Crippen LogP contribution in [0.4, 0.5) is 5.69 Å². The van der Waals surface area contributed by atoms with Crippen LogP contribution >= 0.6 is 15.9 Å². The fourth-order valence-corrected chi connectivity index (χ4v) is 3.37. The molecule has 164 valence electrons. The highest BCUT2D eigenvalue weighted by molar-refractivity contribution is 9.10. The average Bonchev–Trinajstić information content (AvgIpc) is 2.73. The maximum Gasteiger partial charge on any atom is 0.262 e. The van der Waals surface area contributed by atoms with E-state index in [1.165, 1.54) is 0 Å². The van der Waals surface area contributed by atoms with E-state index in [1.807, 2.05) is 43.3 Å². The van der Waals surface area contributed by atoms with Gasteiger partial charge in [-0.1, -0.05) is 17.7 Å². The Bertz CT molecular complexity index is 800. The van der Waals surface area contributed by atoms with Crippen LogP contribution in [0.1, 0.15) is 17.5 Å². The van der Waals surface area contributed by atoms with Crippen LogP contribution in [-0.2, 0) is 11.3 Å². The van der Waals surface area contributed by atoms with Crippen molar-refractivity contribution in [2.45, 2.75) is 19.9 Å². The van der Waals surface area contributed by atoms with E-state index >= 15 is 0 Å². The summed E-state index contributed by atoms with van der Waals surface area (Å²) in [4.78, 5) is 12.2. The molecule has 0 unspecified atom stereocenters. The minimum atomic E-state index is -0.242. The highest BCUT2D eigenvalue weighted by Gasteiger charge is 2.14. The van der Waals surface area contributed by atoms with Crippen LogP contribution < -0.4 is 25.4 Å². The zero-order chi connectivity index (χ0) is 21.8. The van der Waals surface area contributed by atoms with E-state index in [0.29, 0.717) is 24.6 Å². The average molecular weight is 480 g/mol. The predicted octanol–water partition coefficient (Wildman–Crippen LogP) is 2.85. The van der Waals surface area contributed by atoms with Crippen molar-refractivity contribution in [3.05, 3.63) is 52.0 Å². The lowest BCUT2D eigenvalue weighted by atomic mass is 10.2. The molecule has 1 amide bonds. The SMILES string of the molecule is COc1cc(CNCCCNCCO)cc(Br)c1OCC(=O)Nc1ccc(C)cc1. The molecule has 7 nitrogen and oxygen atoms in total. The van der Waals surface area contributed by atoms with E-state index in [4.69, 9.17) is 14.6 Å². The number of carbonyl (C=O) groups is 1. The fourth-order valence-electron chi connectivity index (χ4n) is 2.76. The van der Waals surface area contributed by atoms with Crippen molar-refractivity contribution >= 4 is 27.5 Å². The first-order valence-electron chi connectivity index (χ1n) is 9.91. The lowest BCUT2D eigenvalue weighted by Crippen LogP contribution is -2.24. The van der Waals surface area contributed by atoms with E-state index in [1.54, 1.807) is 7.11 Å². The summed E-state index contributed by atoms with van der Waals surface area (Å²) in [5.74, 6) is 0.816. The van der Waals surface area contributed by atoms with Crippen molar-refractivity contribution in [2.75, 3.05) is 45.3 Å². The molecule has 4 N–H and O–H groups in total. The van der Waals surface area contributed by atoms with Gasteiger partial charge in [0.2, 0.25) is 0 Å². The molecule has 0 atom stereocenters. The van der Waals surface area contributed by atoms with Gasteiger partial charge in [0.25, 0.3) is 5.91 Å². The number of aliphatic hydroxyl groups excluding tert-OH is 1. The quantitative estimate of drug-likeness (QED) is 0.330. The van der Waals surface area contributed by atoms with Crippen LogP contribution in [0.15, 0.2) is 40.9 Å². The van der Waals surface area contributed by atoms with Gasteiger partial charge in [0.1, 0.15) is 0 Å². The number of rotatable bonds is 13. The molecule has 0 aliphatic carbocycles. The first-order valence-corrected chi connectivity index (χ1v) is 10.7. The molecule has 0 aromatic heterocycles. The minimum Gasteiger partial charge on any atom is -0.493 e. The molecular weight excluding hydrogens is 450 g/mol. The highest BCUT2D eigenvalue weighted by Crippen LogP contribution is 2.36. The van der Waals surface area contributed by atoms with Gasteiger partial charge < -0.3 is 30.5 Å². The highest BCUT2D eigenvalue weighted by atomic mass is 79.9. The summed E-state index contributed by atoms with van der Waals surface area (Å²) < 4.78 is 11.9. The Hall–Kier alpha value is -2.13. The van der Waals surface area contributed by atoms with Gasteiger partial charge in [-0.25, -0.2) is 0 Å². The number of aliphatic hydroxyl groups is 1. The van der Waals surface area contributed by atoms with Crippen LogP contribution in [0.2, 0.25) is 0 Å². The molecular formula is C22H30BrN3O4. The first-order chi connectivity index (χ1) is 14.5. The summed E-state index contributed by atoms with van der Waals surface area (Å²) in [5.41, 5.74) is 2.90. The molecule has 0 aliphatic heterocycles. The monoisotopic (exact) mass is 479 g/mol. The van der Waals surface area contributed by atoms with Gasteiger partial charge in [0, 0.05) is 18.8 Å². The second-order valence-electron chi connectivity index (χ2n) is 6.82. The number of aryl methyl sites for hydroxylation is 1. The van der Waals surface area contributed by atoms with Crippen LogP contribution in [0.25, 0.3) is 0 Å². The largest absolute Gasteiger partial charge is 0.493 e. The second-order valence-corrected chi connectivity index (χ2v) is 7.67. The minimum absolute atomic E-state index is 0.124. The Morgan fingerprint density at radius 2 is 1.83 bits per heavy atom. The normalized spacial score (nSPS) is 10.7. The van der Waals surface area contributed by atoms with E-state index in [-0.39, 0.29) is 19.1 Å². The van der Waals surface area contributed by atoms with Gasteiger partial charge in [0.15, 0.2) is 18.1 Å². The Kier molecular flexibility index (Phi) is 10.6. The number of amides is 1. The number of ether oxygens (including phenoxy) is 2. The van der Waals surface area contributed by atoms with Crippen molar-refractivity contribution in [1.29, 1.82) is 0 Å². The van der Waals surface area contributed by atoms with Crippen molar-refractivity contribution in [3.8, 4) is 11.5 Å². The zero-order valence-electron chi connectivity index (χ0n) is 17.5. The smallest absolute Gasteiger partial charge is 0.262 e. The molecule has 0 saturated heterocycles. The molecule has 8 heteroatoms. The second kappa shape index (κ2) is 13.2. The molecule has 0 heterocycles. The van der Waals surface area contributed by atoms with Gasteiger partial charge in [0.05, 0.1) is 18.2 Å². The Balaban J connectivity index is 1.85. The number of methoxy groups -OCH3 is 1. The Morgan fingerprint density at radius 3 is 2.53 bits per heavy atom. The molecule has 2 rings (SSSR count). The number of hydrogen-bond acceptors (Lipinski definition) is 6. The van der Waals surface area contributed by atoms with E-state index < -0.39 is 0 Å². The summed E-state index contributed by atoms with van der Waals surface area (Å²) in [5, 5.41) is 18.1. The van der Waals surface area contributed by atoms with Gasteiger partial charge >= 0.3 is 0 Å². The number of anilines is 1. The number of halogens is 1. The molecule has 0 spiro atoms. The zero-order valence-corrected chi connectivity index (χ0v) is 19.0. The molecule has 0 bridgehead atoms. The molecule has 0 aliphatic rings. The maximum absolute atomic E-state index is 12.2. The topological polar surface area (TPSA) is 91.8 Å². The predicted molar refractivity (Wildman–Crippen MR) is 122 cm³/mol. The van der Waals surface area contributed by atoms with Crippen molar-refractivity contribution in [3.63, 3.8) is 0 Å². The number of hydrogen-bond donors (Lipinski definition) is 4. The fraction of sp³-hybridized carbons (Fsp3) is 0.409. The molecule has 0 radical (unpaired) electrons. The lowest BCUT2D eigenvalue weighted by Gasteiger charge is -2.15. The summed E-state index contributed by atoms with van der Waals surface area (Å²) >= 11 is 3.52. The van der Waals surface area contributed by atoms with Crippen LogP contribution in [0, 0.1) is 6.92 Å². The van der Waals surface area contributed by atoms with Crippen LogP contribution in [0.3, 0.4) is 0 Å². The summed E-state index contributed by atoms with van der Waals surface area (Å²) in [6.45, 7) is 5.05. The number of carbonyl (C=O) groups excluding carboxylic acids is 1. The third-order valence-electron chi connectivity index (χ3n) is 4.30. The van der Waals surface area contributed by atoms with Gasteiger partial charge in [-0.15, -0.1) is 0 Å². The lowest BCUT2D eigenvalue weighted by molar-refractivity contribution is -0.118. The summed E-state index contributed by atoms with van der Waals surface area (Å²) in [7, 11) is 1.57. The van der Waals surface area contributed by atoms with Crippen LogP contribution in [-0.4, -0.2) is 51.0 Å². The van der Waals surface area contributed by atoms with E-state index in [2.05, 4.69) is 31.9 Å². The third-order valence-corrected chi connectivity index (χ3v) is 4.89. The number of benzene rings is 2. The molecule has 0 fully saturated rings. The van der Waals surface area contributed by atoms with Crippen molar-refractivity contribution in [1.82, 2.24) is 10.6 Å². The number of nitrogens with one attached hydrogen (secondary N) is 3. The Morgan fingerprint density at radius 1 is 1.10 bits per heavy atom. The van der Waals surface area contributed by atoms with Crippen molar-refractivity contribution < 1.29 is 19.4 Å².